The van der Waals surface area contributed by atoms with Crippen molar-refractivity contribution in [2.24, 2.45) is 0 Å². The van der Waals surface area contributed by atoms with Gasteiger partial charge in [-0.3, -0.25) is 4.79 Å². The molecule has 0 atom stereocenters. The zero-order chi connectivity index (χ0) is 18.0. The first-order valence-corrected chi connectivity index (χ1v) is 7.77. The van der Waals surface area contributed by atoms with Crippen molar-refractivity contribution >= 4 is 23.2 Å². The monoisotopic (exact) mass is 369 g/mol. The van der Waals surface area contributed by atoms with E-state index in [0.717, 1.165) is 24.0 Å². The summed E-state index contributed by atoms with van der Waals surface area (Å²) in [5.74, 6) is -0.862. The van der Waals surface area contributed by atoms with Gasteiger partial charge in [-0.2, -0.15) is 13.9 Å². The van der Waals surface area contributed by atoms with Gasteiger partial charge in [0.15, 0.2) is 0 Å². The van der Waals surface area contributed by atoms with E-state index in [0.29, 0.717) is 0 Å². The molecule has 25 heavy (non-hydrogen) atoms. The Labute approximate surface area is 146 Å². The summed E-state index contributed by atoms with van der Waals surface area (Å²) >= 11 is 5.80. The quantitative estimate of drug-likeness (QED) is 0.725. The number of imidazole rings is 1. The number of fused-ring (bicyclic) bond motifs is 1. The van der Waals surface area contributed by atoms with Crippen LogP contribution in [0.3, 0.4) is 0 Å². The topological polar surface area (TPSA) is 73.5 Å². The molecular formula is C15H14ClF2N5O2. The molecule has 132 valence electrons. The van der Waals surface area contributed by atoms with Crippen LogP contribution in [0.15, 0.2) is 30.9 Å². The van der Waals surface area contributed by atoms with E-state index in [2.05, 4.69) is 20.1 Å². The van der Waals surface area contributed by atoms with Crippen LogP contribution in [0.25, 0.3) is 5.65 Å². The molecule has 0 unspecified atom stereocenters. The highest BCUT2D eigenvalue weighted by molar-refractivity contribution is 6.32. The molecule has 0 spiro atoms. The number of nitrogens with one attached hydrogen (secondary N) is 1. The van der Waals surface area contributed by atoms with E-state index < -0.39 is 18.4 Å². The van der Waals surface area contributed by atoms with Gasteiger partial charge >= 0.3 is 6.61 Å². The molecule has 3 aromatic heterocycles. The molecule has 0 bridgehead atoms. The maximum absolute atomic E-state index is 12.2. The Balaban J connectivity index is 1.71. The van der Waals surface area contributed by atoms with Gasteiger partial charge in [-0.15, -0.1) is 0 Å². The molecule has 0 fully saturated rings. The second kappa shape index (κ2) is 7.06. The van der Waals surface area contributed by atoms with Gasteiger partial charge in [0.2, 0.25) is 5.88 Å². The Morgan fingerprint density at radius 3 is 2.88 bits per heavy atom. The second-order valence-corrected chi connectivity index (χ2v) is 5.50. The number of nitrogens with zero attached hydrogens (tertiary/aromatic N) is 4. The predicted octanol–water partition coefficient (Wildman–Crippen LogP) is 2.74. The van der Waals surface area contributed by atoms with Crippen LogP contribution in [0.1, 0.15) is 22.8 Å². The Kier molecular flexibility index (Phi) is 4.84. The fraction of sp³-hybridized carbons (Fsp3) is 0.267. The average Bonchev–Trinajstić information content (AvgIpc) is 3.16. The van der Waals surface area contributed by atoms with E-state index in [4.69, 9.17) is 11.6 Å². The zero-order valence-corrected chi connectivity index (χ0v) is 13.9. The van der Waals surface area contributed by atoms with Crippen LogP contribution >= 0.6 is 11.6 Å². The SMILES string of the molecule is CCn1ccn2ncc(CNC(=O)c3cnc(OC(F)F)c(Cl)c3)c12. The standard InChI is InChI=1S/C15H14ClF2N5O2/c1-2-22-3-4-23-14(22)10(8-21-23)7-19-12(24)9-5-11(16)13(20-6-9)25-15(17)18/h3-6,8,15H,2,7H2,1H3,(H,19,24). The molecule has 3 heterocycles. The third-order valence-electron chi connectivity index (χ3n) is 3.55. The average molecular weight is 370 g/mol. The van der Waals surface area contributed by atoms with Gasteiger partial charge < -0.3 is 14.6 Å². The summed E-state index contributed by atoms with van der Waals surface area (Å²) in [6.45, 7) is -0.0104. The molecule has 1 amide bonds. The number of carbonyl (C=O) groups excluding carboxylic acids is 1. The molecule has 3 rings (SSSR count). The van der Waals surface area contributed by atoms with E-state index >= 15 is 0 Å². The number of pyridine rings is 1. The number of rotatable bonds is 6. The number of carbonyl (C=O) groups is 1. The zero-order valence-electron chi connectivity index (χ0n) is 13.1. The van der Waals surface area contributed by atoms with E-state index in [1.807, 2.05) is 23.9 Å². The van der Waals surface area contributed by atoms with Gasteiger partial charge in [-0.25, -0.2) is 9.50 Å². The van der Waals surface area contributed by atoms with Crippen LogP contribution in [0, 0.1) is 0 Å². The molecule has 0 radical (unpaired) electrons. The third kappa shape index (κ3) is 3.55. The molecule has 10 heteroatoms. The molecule has 0 aliphatic carbocycles. The van der Waals surface area contributed by atoms with Crippen molar-refractivity contribution in [1.82, 2.24) is 24.5 Å². The minimum Gasteiger partial charge on any atom is -0.415 e. The molecule has 0 saturated heterocycles. The van der Waals surface area contributed by atoms with E-state index in [1.54, 1.807) is 10.7 Å². The van der Waals surface area contributed by atoms with Crippen molar-refractivity contribution in [2.75, 3.05) is 0 Å². The summed E-state index contributed by atoms with van der Waals surface area (Å²) in [6.07, 6.45) is 6.53. The molecule has 7 nitrogen and oxygen atoms in total. The lowest BCUT2D eigenvalue weighted by Gasteiger charge is -2.08. The van der Waals surface area contributed by atoms with Gasteiger partial charge in [0.05, 0.1) is 11.8 Å². The first-order valence-electron chi connectivity index (χ1n) is 7.39. The van der Waals surface area contributed by atoms with Crippen molar-refractivity contribution in [3.63, 3.8) is 0 Å². The minimum absolute atomic E-state index is 0.140. The number of hydrogen-bond acceptors (Lipinski definition) is 4. The minimum atomic E-state index is -3.04. The van der Waals surface area contributed by atoms with Crippen LogP contribution in [0.2, 0.25) is 5.02 Å². The number of ether oxygens (including phenoxy) is 1. The number of halogens is 3. The molecule has 0 saturated carbocycles. The lowest BCUT2D eigenvalue weighted by molar-refractivity contribution is -0.0527. The lowest BCUT2D eigenvalue weighted by atomic mass is 10.2. The first-order chi connectivity index (χ1) is 12.0. The summed E-state index contributed by atoms with van der Waals surface area (Å²) in [5, 5.41) is 6.78. The second-order valence-electron chi connectivity index (χ2n) is 5.09. The number of aryl methyl sites for hydroxylation is 1. The fourth-order valence-electron chi connectivity index (χ4n) is 2.41. The van der Waals surface area contributed by atoms with Gasteiger partial charge in [0, 0.05) is 37.2 Å². The molecule has 0 aliphatic rings. The van der Waals surface area contributed by atoms with Crippen LogP contribution < -0.4 is 10.1 Å². The highest BCUT2D eigenvalue weighted by Gasteiger charge is 2.15. The van der Waals surface area contributed by atoms with Gasteiger partial charge in [-0.1, -0.05) is 11.6 Å². The van der Waals surface area contributed by atoms with Crippen molar-refractivity contribution in [1.29, 1.82) is 0 Å². The number of aromatic nitrogens is 4. The maximum Gasteiger partial charge on any atom is 0.388 e. The third-order valence-corrected chi connectivity index (χ3v) is 3.82. The number of alkyl halides is 2. The van der Waals surface area contributed by atoms with Gasteiger partial charge in [-0.05, 0) is 13.0 Å². The smallest absolute Gasteiger partial charge is 0.388 e. The van der Waals surface area contributed by atoms with Crippen molar-refractivity contribution in [2.45, 2.75) is 26.6 Å². The highest BCUT2D eigenvalue weighted by Crippen LogP contribution is 2.24. The lowest BCUT2D eigenvalue weighted by Crippen LogP contribution is -2.23. The Morgan fingerprint density at radius 2 is 2.20 bits per heavy atom. The van der Waals surface area contributed by atoms with E-state index in [1.165, 1.54) is 6.07 Å². The Bertz CT molecular complexity index is 909. The predicted molar refractivity (Wildman–Crippen MR) is 85.9 cm³/mol. The summed E-state index contributed by atoms with van der Waals surface area (Å²) in [7, 11) is 0. The van der Waals surface area contributed by atoms with Crippen LogP contribution in [-0.4, -0.2) is 31.7 Å². The summed E-state index contributed by atoms with van der Waals surface area (Å²) in [6, 6.07) is 1.23. The largest absolute Gasteiger partial charge is 0.415 e. The molecule has 0 aliphatic heterocycles. The van der Waals surface area contributed by atoms with Crippen LogP contribution in [0.5, 0.6) is 5.88 Å². The Morgan fingerprint density at radius 1 is 1.40 bits per heavy atom. The summed E-state index contributed by atoms with van der Waals surface area (Å²) in [5.41, 5.74) is 1.87. The van der Waals surface area contributed by atoms with Crippen LogP contribution in [0.4, 0.5) is 8.78 Å². The van der Waals surface area contributed by atoms with Gasteiger partial charge in [0.25, 0.3) is 5.91 Å². The molecule has 0 aromatic carbocycles. The number of amides is 1. The van der Waals surface area contributed by atoms with Gasteiger partial charge in [0.1, 0.15) is 10.7 Å². The summed E-state index contributed by atoms with van der Waals surface area (Å²) in [4.78, 5) is 15.9. The van der Waals surface area contributed by atoms with E-state index in [9.17, 15) is 13.6 Å². The molecule has 1 N–H and O–H groups in total. The summed E-state index contributed by atoms with van der Waals surface area (Å²) < 4.78 is 32.2. The fourth-order valence-corrected chi connectivity index (χ4v) is 2.62. The molecule has 3 aromatic rings. The first kappa shape index (κ1) is 17.2. The Hall–Kier alpha value is -2.68. The molecular weight excluding hydrogens is 356 g/mol. The van der Waals surface area contributed by atoms with Crippen LogP contribution in [-0.2, 0) is 13.1 Å². The van der Waals surface area contributed by atoms with Crippen molar-refractivity contribution in [3.05, 3.63) is 47.0 Å². The van der Waals surface area contributed by atoms with Crippen molar-refractivity contribution < 1.29 is 18.3 Å². The van der Waals surface area contributed by atoms with E-state index in [-0.39, 0.29) is 17.1 Å². The normalized spacial score (nSPS) is 11.2. The highest BCUT2D eigenvalue weighted by atomic mass is 35.5. The maximum atomic E-state index is 12.2. The van der Waals surface area contributed by atoms with Crippen molar-refractivity contribution in [3.8, 4) is 5.88 Å². The number of hydrogen-bond donors (Lipinski definition) is 1.